The van der Waals surface area contributed by atoms with Gasteiger partial charge < -0.3 is 13.9 Å². The Labute approximate surface area is 228 Å². The minimum absolute atomic E-state index is 0.199. The van der Waals surface area contributed by atoms with E-state index in [0.29, 0.717) is 32.1 Å². The summed E-state index contributed by atoms with van der Waals surface area (Å²) in [5, 5.41) is 8.91. The molecule has 3 rings (SSSR count). The summed E-state index contributed by atoms with van der Waals surface area (Å²) in [5.41, 5.74) is 0. The SMILES string of the molecule is CC(C)N(C(C)C)P(OCCC#N)OCC1CCN(C(=O)CN(C[C]2[CH][CH][CH][CH]2)C[C]2[CH][CH][CH][CH]2)CC1. The molecule has 0 N–H and O–H groups in total. The standard InChI is InChI=1S/C29H43N4O3P/c1-24(2)33(25(3)4)37(35-19-9-16-30)36-23-28-14-17-32(18-15-28)29(34)22-31(20-26-10-5-6-11-26)21-27-12-7-8-13-27/h5-8,10-13,24-25,28H,9,14-15,17-23H2,1-4H3. The lowest BCUT2D eigenvalue weighted by molar-refractivity contribution is -0.133. The number of rotatable bonds is 15. The summed E-state index contributed by atoms with van der Waals surface area (Å²) in [4.78, 5) is 17.5. The molecule has 8 heteroatoms. The molecule has 7 nitrogen and oxygen atoms in total. The molecule has 202 valence electrons. The molecule has 2 saturated carbocycles. The van der Waals surface area contributed by atoms with E-state index >= 15 is 0 Å². The first-order valence-corrected chi connectivity index (χ1v) is 14.6. The minimum Gasteiger partial charge on any atom is -0.342 e. The highest BCUT2D eigenvalue weighted by Crippen LogP contribution is 2.46. The van der Waals surface area contributed by atoms with Gasteiger partial charge in [-0.25, -0.2) is 4.67 Å². The van der Waals surface area contributed by atoms with Crippen LogP contribution in [0.1, 0.15) is 47.0 Å². The summed E-state index contributed by atoms with van der Waals surface area (Å²) in [7, 11) is -1.22. The van der Waals surface area contributed by atoms with E-state index in [1.165, 1.54) is 11.8 Å². The van der Waals surface area contributed by atoms with Crippen molar-refractivity contribution in [2.24, 2.45) is 5.92 Å². The van der Waals surface area contributed by atoms with E-state index in [4.69, 9.17) is 14.3 Å². The molecule has 0 aromatic carbocycles. The molecule has 1 atom stereocenters. The molecule has 0 bridgehead atoms. The molecule has 1 heterocycles. The summed E-state index contributed by atoms with van der Waals surface area (Å²) in [6.07, 6.45) is 18.9. The van der Waals surface area contributed by atoms with Crippen molar-refractivity contribution in [1.82, 2.24) is 14.5 Å². The summed E-state index contributed by atoms with van der Waals surface area (Å²) >= 11 is 0. The number of hydrogen-bond acceptors (Lipinski definition) is 6. The summed E-state index contributed by atoms with van der Waals surface area (Å²) in [6, 6.07) is 2.73. The Balaban J connectivity index is 1.46. The van der Waals surface area contributed by atoms with E-state index in [2.05, 4.69) is 69.0 Å². The van der Waals surface area contributed by atoms with Crippen LogP contribution >= 0.6 is 8.53 Å². The lowest BCUT2D eigenvalue weighted by Gasteiger charge is -2.37. The van der Waals surface area contributed by atoms with Gasteiger partial charge in [0, 0.05) is 38.3 Å². The van der Waals surface area contributed by atoms with E-state index in [-0.39, 0.29) is 18.0 Å². The molecule has 3 fully saturated rings. The van der Waals surface area contributed by atoms with Crippen LogP contribution in [0.25, 0.3) is 0 Å². The van der Waals surface area contributed by atoms with Crippen molar-refractivity contribution in [2.45, 2.75) is 59.0 Å². The zero-order chi connectivity index (χ0) is 26.6. The van der Waals surface area contributed by atoms with Crippen molar-refractivity contribution in [3.8, 4) is 6.07 Å². The lowest BCUT2D eigenvalue weighted by Crippen LogP contribution is -2.46. The third-order valence-corrected chi connectivity index (χ3v) is 8.76. The average Bonchev–Trinajstić information content (AvgIpc) is 3.57. The van der Waals surface area contributed by atoms with Crippen LogP contribution in [0.4, 0.5) is 0 Å². The number of carbonyl (C=O) groups excluding carboxylic acids is 1. The molecule has 1 saturated heterocycles. The molecule has 0 aromatic heterocycles. The number of nitrogens with zero attached hydrogens (tertiary/aromatic N) is 4. The van der Waals surface area contributed by atoms with Gasteiger partial charge in [-0.05, 0) is 110 Å². The van der Waals surface area contributed by atoms with Crippen LogP contribution in [0.5, 0.6) is 0 Å². The molecule has 37 heavy (non-hydrogen) atoms. The van der Waals surface area contributed by atoms with E-state index in [1.807, 2.05) is 30.6 Å². The Morgan fingerprint density at radius 3 is 2.03 bits per heavy atom. The number of carbonyl (C=O) groups is 1. The Morgan fingerprint density at radius 2 is 1.54 bits per heavy atom. The number of likely N-dealkylation sites (tertiary alicyclic amines) is 1. The predicted octanol–water partition coefficient (Wildman–Crippen LogP) is 4.63. The second-order valence-electron chi connectivity index (χ2n) is 10.4. The van der Waals surface area contributed by atoms with Gasteiger partial charge in [0.25, 0.3) is 8.53 Å². The summed E-state index contributed by atoms with van der Waals surface area (Å²) in [5.74, 6) is 3.07. The van der Waals surface area contributed by atoms with Gasteiger partial charge >= 0.3 is 0 Å². The Bertz CT molecular complexity index is 670. The Hall–Kier alpha value is -0.770. The maximum absolute atomic E-state index is 13.2. The fourth-order valence-corrected chi connectivity index (χ4v) is 6.53. The van der Waals surface area contributed by atoms with Crippen LogP contribution in [0.15, 0.2) is 0 Å². The fraction of sp³-hybridized carbons (Fsp3) is 0.586. The second-order valence-corrected chi connectivity index (χ2v) is 11.9. The highest BCUT2D eigenvalue weighted by molar-refractivity contribution is 7.44. The van der Waals surface area contributed by atoms with Gasteiger partial charge in [-0.15, -0.1) is 0 Å². The van der Waals surface area contributed by atoms with Gasteiger partial charge in [0.15, 0.2) is 0 Å². The maximum Gasteiger partial charge on any atom is 0.259 e. The first-order chi connectivity index (χ1) is 17.9. The van der Waals surface area contributed by atoms with Crippen LogP contribution in [-0.4, -0.2) is 78.4 Å². The molecular formula is C29H43N4O3P. The normalized spacial score (nSPS) is 21.1. The van der Waals surface area contributed by atoms with Gasteiger partial charge in [0.05, 0.1) is 32.2 Å². The average molecular weight is 527 g/mol. The van der Waals surface area contributed by atoms with E-state index in [1.54, 1.807) is 0 Å². The van der Waals surface area contributed by atoms with Crippen molar-refractivity contribution in [3.63, 3.8) is 0 Å². The monoisotopic (exact) mass is 526 g/mol. The van der Waals surface area contributed by atoms with Crippen molar-refractivity contribution >= 4 is 14.4 Å². The van der Waals surface area contributed by atoms with Gasteiger partial charge in [0.2, 0.25) is 5.91 Å². The van der Waals surface area contributed by atoms with Crippen LogP contribution in [0.3, 0.4) is 0 Å². The van der Waals surface area contributed by atoms with E-state index in [0.717, 1.165) is 39.0 Å². The molecule has 1 unspecified atom stereocenters. The Kier molecular flexibility index (Phi) is 13.6. The quantitative estimate of drug-likeness (QED) is 0.229. The number of amides is 1. The van der Waals surface area contributed by atoms with Gasteiger partial charge in [-0.1, -0.05) is 0 Å². The van der Waals surface area contributed by atoms with Crippen molar-refractivity contribution in [2.75, 3.05) is 45.9 Å². The first kappa shape index (κ1) is 30.8. The maximum atomic E-state index is 13.2. The van der Waals surface area contributed by atoms with Gasteiger partial charge in [-0.3, -0.25) is 9.69 Å². The molecule has 0 aromatic rings. The molecule has 1 amide bonds. The van der Waals surface area contributed by atoms with Crippen LogP contribution in [0.2, 0.25) is 0 Å². The second kappa shape index (κ2) is 16.4. The van der Waals surface area contributed by atoms with Gasteiger partial charge in [0.1, 0.15) is 0 Å². The lowest BCUT2D eigenvalue weighted by atomic mass is 9.98. The molecular weight excluding hydrogens is 483 g/mol. The topological polar surface area (TPSA) is 69.0 Å². The first-order valence-electron chi connectivity index (χ1n) is 13.5. The van der Waals surface area contributed by atoms with Crippen molar-refractivity contribution in [1.29, 1.82) is 5.26 Å². The third kappa shape index (κ3) is 10.4. The fourth-order valence-electron chi connectivity index (χ4n) is 4.85. The van der Waals surface area contributed by atoms with Crippen LogP contribution < -0.4 is 0 Å². The summed E-state index contributed by atoms with van der Waals surface area (Å²) < 4.78 is 14.6. The van der Waals surface area contributed by atoms with Crippen molar-refractivity contribution in [3.05, 3.63) is 63.2 Å². The molecule has 1 aliphatic heterocycles. The highest BCUT2D eigenvalue weighted by atomic mass is 31.2. The number of hydrogen-bond donors (Lipinski definition) is 0. The largest absolute Gasteiger partial charge is 0.342 e. The molecule has 10 radical (unpaired) electrons. The van der Waals surface area contributed by atoms with E-state index in [9.17, 15) is 4.79 Å². The summed E-state index contributed by atoms with van der Waals surface area (Å²) in [6.45, 7) is 13.1. The van der Waals surface area contributed by atoms with Gasteiger partial charge in [-0.2, -0.15) is 5.26 Å². The smallest absolute Gasteiger partial charge is 0.259 e. The molecule has 0 spiro atoms. The zero-order valence-electron chi connectivity index (χ0n) is 22.9. The number of piperidine rings is 1. The number of nitriles is 1. The van der Waals surface area contributed by atoms with Crippen molar-refractivity contribution < 1.29 is 13.8 Å². The molecule has 3 aliphatic rings. The van der Waals surface area contributed by atoms with E-state index < -0.39 is 8.53 Å². The van der Waals surface area contributed by atoms with Crippen LogP contribution in [0, 0.1) is 80.5 Å². The third-order valence-electron chi connectivity index (χ3n) is 6.68. The predicted molar refractivity (Wildman–Crippen MR) is 148 cm³/mol. The van der Waals surface area contributed by atoms with Crippen LogP contribution in [-0.2, 0) is 13.8 Å². The minimum atomic E-state index is -1.22. The Morgan fingerprint density at radius 1 is 1.00 bits per heavy atom. The zero-order valence-corrected chi connectivity index (χ0v) is 23.8. The highest BCUT2D eigenvalue weighted by Gasteiger charge is 2.31. The molecule has 2 aliphatic carbocycles.